The van der Waals surface area contributed by atoms with E-state index in [0.29, 0.717) is 11.3 Å². The molecule has 0 unspecified atom stereocenters. The van der Waals surface area contributed by atoms with Crippen molar-refractivity contribution in [1.82, 2.24) is 0 Å². The van der Waals surface area contributed by atoms with Crippen LogP contribution in [0.15, 0.2) is 58.2 Å². The van der Waals surface area contributed by atoms with Crippen LogP contribution in [0.4, 0.5) is 16.2 Å². The average molecular weight is 364 g/mol. The molecule has 7 nitrogen and oxygen atoms in total. The first-order valence-electron chi connectivity index (χ1n) is 6.06. The smallest absolute Gasteiger partial charge is 0.298 e. The standard InChI is InChI=1S/C14H10BrN3O4/c15-11-3-5-12(6-4-11)17-14(19)22-16-9-10-1-7-13(8-2-10)18(20)21/h1-9H,(H,17,19)/b16-9-. The summed E-state index contributed by atoms with van der Waals surface area (Å²) in [5.74, 6) is 0. The topological polar surface area (TPSA) is 93.8 Å². The van der Waals surface area contributed by atoms with Crippen LogP contribution in [-0.4, -0.2) is 17.2 Å². The Morgan fingerprint density at radius 3 is 2.41 bits per heavy atom. The molecular formula is C14H10BrN3O4. The van der Waals surface area contributed by atoms with E-state index in [1.165, 1.54) is 30.5 Å². The van der Waals surface area contributed by atoms with Crippen LogP contribution in [0, 0.1) is 10.1 Å². The normalized spacial score (nSPS) is 10.4. The lowest BCUT2D eigenvalue weighted by Gasteiger charge is -2.02. The van der Waals surface area contributed by atoms with Crippen molar-refractivity contribution in [2.75, 3.05) is 5.32 Å². The lowest BCUT2D eigenvalue weighted by Crippen LogP contribution is -2.10. The molecule has 8 heteroatoms. The quantitative estimate of drug-likeness (QED) is 0.385. The van der Waals surface area contributed by atoms with Gasteiger partial charge in [-0.1, -0.05) is 21.1 Å². The molecule has 0 bridgehead atoms. The van der Waals surface area contributed by atoms with Crippen LogP contribution >= 0.6 is 15.9 Å². The van der Waals surface area contributed by atoms with Crippen molar-refractivity contribution in [2.24, 2.45) is 5.16 Å². The summed E-state index contributed by atoms with van der Waals surface area (Å²) in [6.07, 6.45) is 0.547. The number of non-ortho nitro benzene ring substituents is 1. The molecule has 1 amide bonds. The lowest BCUT2D eigenvalue weighted by molar-refractivity contribution is -0.384. The SMILES string of the molecule is O=C(Nc1ccc(Br)cc1)O/N=C\c1ccc([N+](=O)[O-])cc1. The number of anilines is 1. The van der Waals surface area contributed by atoms with Gasteiger partial charge in [0.15, 0.2) is 0 Å². The summed E-state index contributed by atoms with van der Waals surface area (Å²) in [5.41, 5.74) is 1.12. The van der Waals surface area contributed by atoms with Crippen LogP contribution in [0.5, 0.6) is 0 Å². The third-order valence-corrected chi connectivity index (χ3v) is 3.06. The molecule has 0 spiro atoms. The van der Waals surface area contributed by atoms with Crippen LogP contribution in [0.25, 0.3) is 0 Å². The zero-order valence-corrected chi connectivity index (χ0v) is 12.7. The van der Waals surface area contributed by atoms with Crippen LogP contribution in [0.1, 0.15) is 5.56 Å². The number of nitrogens with zero attached hydrogens (tertiary/aromatic N) is 2. The largest absolute Gasteiger partial charge is 0.437 e. The summed E-state index contributed by atoms with van der Waals surface area (Å²) in [6, 6.07) is 12.6. The fraction of sp³-hybridized carbons (Fsp3) is 0. The highest BCUT2D eigenvalue weighted by Crippen LogP contribution is 2.14. The second-order valence-corrected chi connectivity index (χ2v) is 5.01. The molecule has 0 fully saturated rings. The van der Waals surface area contributed by atoms with Crippen molar-refractivity contribution in [3.05, 3.63) is 68.7 Å². The van der Waals surface area contributed by atoms with Gasteiger partial charge in [-0.05, 0) is 42.0 Å². The molecule has 0 aliphatic rings. The van der Waals surface area contributed by atoms with Crippen molar-refractivity contribution in [2.45, 2.75) is 0 Å². The minimum absolute atomic E-state index is 0.0222. The van der Waals surface area contributed by atoms with Gasteiger partial charge in [0, 0.05) is 22.3 Å². The summed E-state index contributed by atoms with van der Waals surface area (Å²) < 4.78 is 0.891. The van der Waals surface area contributed by atoms with Crippen molar-refractivity contribution in [3.63, 3.8) is 0 Å². The van der Waals surface area contributed by atoms with E-state index in [2.05, 4.69) is 31.2 Å². The number of hydrogen-bond donors (Lipinski definition) is 1. The van der Waals surface area contributed by atoms with Crippen molar-refractivity contribution in [3.8, 4) is 0 Å². The Bertz CT molecular complexity index is 699. The summed E-state index contributed by atoms with van der Waals surface area (Å²) in [5, 5.41) is 16.5. The fourth-order valence-corrected chi connectivity index (χ4v) is 1.76. The first-order valence-corrected chi connectivity index (χ1v) is 6.85. The van der Waals surface area contributed by atoms with Crippen LogP contribution in [-0.2, 0) is 4.84 Å². The van der Waals surface area contributed by atoms with Gasteiger partial charge in [0.1, 0.15) is 0 Å². The second-order valence-electron chi connectivity index (χ2n) is 4.09. The number of hydrogen-bond acceptors (Lipinski definition) is 5. The van der Waals surface area contributed by atoms with E-state index in [0.717, 1.165) is 4.47 Å². The first-order chi connectivity index (χ1) is 10.5. The third-order valence-electron chi connectivity index (χ3n) is 2.53. The van der Waals surface area contributed by atoms with Crippen LogP contribution in [0.2, 0.25) is 0 Å². The number of halogens is 1. The van der Waals surface area contributed by atoms with Gasteiger partial charge in [0.2, 0.25) is 0 Å². The third kappa shape index (κ3) is 4.67. The Balaban J connectivity index is 1.87. The van der Waals surface area contributed by atoms with E-state index in [1.807, 2.05) is 0 Å². The van der Waals surface area contributed by atoms with Crippen molar-refractivity contribution in [1.29, 1.82) is 0 Å². The summed E-state index contributed by atoms with van der Waals surface area (Å²) in [4.78, 5) is 26.1. The van der Waals surface area contributed by atoms with Crippen molar-refractivity contribution >= 4 is 39.6 Å². The Morgan fingerprint density at radius 2 is 1.82 bits per heavy atom. The number of amides is 1. The Hall–Kier alpha value is -2.74. The molecular weight excluding hydrogens is 354 g/mol. The van der Waals surface area contributed by atoms with E-state index in [-0.39, 0.29) is 5.69 Å². The summed E-state index contributed by atoms with van der Waals surface area (Å²) in [6.45, 7) is 0. The van der Waals surface area contributed by atoms with Gasteiger partial charge in [-0.25, -0.2) is 4.79 Å². The highest BCUT2D eigenvalue weighted by molar-refractivity contribution is 9.10. The number of carbonyl (C=O) groups is 1. The molecule has 0 saturated heterocycles. The number of benzene rings is 2. The molecule has 1 N–H and O–H groups in total. The average Bonchev–Trinajstić information content (AvgIpc) is 2.50. The number of oxime groups is 1. The molecule has 0 radical (unpaired) electrons. The molecule has 0 aliphatic carbocycles. The van der Waals surface area contributed by atoms with Gasteiger partial charge >= 0.3 is 6.09 Å². The van der Waals surface area contributed by atoms with Crippen molar-refractivity contribution < 1.29 is 14.6 Å². The monoisotopic (exact) mass is 363 g/mol. The molecule has 0 aliphatic heterocycles. The predicted molar refractivity (Wildman–Crippen MR) is 84.9 cm³/mol. The van der Waals surface area contributed by atoms with E-state index < -0.39 is 11.0 Å². The number of carbonyl (C=O) groups excluding carboxylic acids is 1. The Labute approximate surface area is 133 Å². The lowest BCUT2D eigenvalue weighted by atomic mass is 10.2. The van der Waals surface area contributed by atoms with Gasteiger partial charge in [0.25, 0.3) is 5.69 Å². The maximum atomic E-state index is 11.5. The highest BCUT2D eigenvalue weighted by atomic mass is 79.9. The first kappa shape index (κ1) is 15.6. The molecule has 112 valence electrons. The maximum Gasteiger partial charge on any atom is 0.437 e. The number of nitro groups is 1. The predicted octanol–water partition coefficient (Wildman–Crippen LogP) is 3.94. The number of nitro benzene ring substituents is 1. The van der Waals surface area contributed by atoms with Gasteiger partial charge in [-0.3, -0.25) is 20.3 Å². The summed E-state index contributed by atoms with van der Waals surface area (Å²) in [7, 11) is 0. The second kappa shape index (κ2) is 7.32. The van der Waals surface area contributed by atoms with Crippen LogP contribution < -0.4 is 5.32 Å². The van der Waals surface area contributed by atoms with Crippen LogP contribution in [0.3, 0.4) is 0 Å². The summed E-state index contributed by atoms with van der Waals surface area (Å²) >= 11 is 3.28. The molecule has 0 atom stereocenters. The van der Waals surface area contributed by atoms with Gasteiger partial charge < -0.3 is 0 Å². The van der Waals surface area contributed by atoms with Gasteiger partial charge in [0.05, 0.1) is 11.1 Å². The molecule has 2 rings (SSSR count). The van der Waals surface area contributed by atoms with E-state index in [1.54, 1.807) is 24.3 Å². The minimum atomic E-state index is -0.736. The zero-order chi connectivity index (χ0) is 15.9. The molecule has 2 aromatic rings. The molecule has 22 heavy (non-hydrogen) atoms. The zero-order valence-electron chi connectivity index (χ0n) is 11.1. The van der Waals surface area contributed by atoms with E-state index in [9.17, 15) is 14.9 Å². The minimum Gasteiger partial charge on any atom is -0.298 e. The van der Waals surface area contributed by atoms with Gasteiger partial charge in [-0.15, -0.1) is 0 Å². The molecule has 0 saturated carbocycles. The molecule has 2 aromatic carbocycles. The van der Waals surface area contributed by atoms with E-state index in [4.69, 9.17) is 0 Å². The number of rotatable bonds is 4. The fourth-order valence-electron chi connectivity index (χ4n) is 1.49. The molecule has 0 aromatic heterocycles. The number of nitrogens with one attached hydrogen (secondary N) is 1. The Kier molecular flexibility index (Phi) is 5.21. The highest BCUT2D eigenvalue weighted by Gasteiger charge is 2.04. The Morgan fingerprint density at radius 1 is 1.18 bits per heavy atom. The van der Waals surface area contributed by atoms with Gasteiger partial charge in [-0.2, -0.15) is 0 Å². The van der Waals surface area contributed by atoms with E-state index >= 15 is 0 Å². The maximum absolute atomic E-state index is 11.5. The molecule has 0 heterocycles.